The maximum atomic E-state index is 12.2. The van der Waals surface area contributed by atoms with Crippen molar-refractivity contribution in [2.75, 3.05) is 0 Å². The zero-order valence-electron chi connectivity index (χ0n) is 9.76. The third kappa shape index (κ3) is 1.83. The number of halogens is 1. The zero-order valence-corrected chi connectivity index (χ0v) is 12.2. The van der Waals surface area contributed by atoms with E-state index in [0.717, 1.165) is 14.8 Å². The molecule has 0 bridgehead atoms. The van der Waals surface area contributed by atoms with E-state index in [2.05, 4.69) is 15.9 Å². The molecule has 3 rings (SSSR count). The summed E-state index contributed by atoms with van der Waals surface area (Å²) in [6.07, 6.45) is 0. The van der Waals surface area contributed by atoms with E-state index in [0.29, 0.717) is 6.54 Å². The van der Waals surface area contributed by atoms with Gasteiger partial charge in [-0.05, 0) is 40.2 Å². The predicted octanol–water partition coefficient (Wildman–Crippen LogP) is 3.21. The second-order valence-electron chi connectivity index (χ2n) is 4.12. The molecule has 0 saturated carbocycles. The van der Waals surface area contributed by atoms with E-state index < -0.39 is 0 Å². The monoisotopic (exact) mass is 322 g/mol. The van der Waals surface area contributed by atoms with Gasteiger partial charge < -0.3 is 0 Å². The lowest BCUT2D eigenvalue weighted by Crippen LogP contribution is -2.22. The summed E-state index contributed by atoms with van der Waals surface area (Å²) in [7, 11) is 1.81. The number of aryl methyl sites for hydroxylation is 1. The number of imidazole rings is 1. The molecule has 18 heavy (non-hydrogen) atoms. The number of para-hydroxylation sites is 2. The lowest BCUT2D eigenvalue weighted by Gasteiger charge is -2.00. The molecule has 0 saturated heterocycles. The Morgan fingerprint density at radius 1 is 1.17 bits per heavy atom. The molecule has 1 aromatic carbocycles. The molecule has 0 aliphatic heterocycles. The van der Waals surface area contributed by atoms with Crippen molar-refractivity contribution in [2.24, 2.45) is 7.05 Å². The number of fused-ring (bicyclic) bond motifs is 1. The SMILES string of the molecule is Cn1c(=O)n(Cc2ccc(Br)s2)c2ccccc21. The number of thiophene rings is 1. The highest BCUT2D eigenvalue weighted by atomic mass is 79.9. The van der Waals surface area contributed by atoms with Crippen LogP contribution < -0.4 is 5.69 Å². The maximum absolute atomic E-state index is 12.2. The Hall–Kier alpha value is -1.33. The molecule has 0 amide bonds. The molecule has 0 N–H and O–H groups in total. The quantitative estimate of drug-likeness (QED) is 0.711. The van der Waals surface area contributed by atoms with Crippen LogP contribution in [0.15, 0.2) is 45.0 Å². The molecule has 3 nitrogen and oxygen atoms in total. The van der Waals surface area contributed by atoms with Crippen molar-refractivity contribution in [1.82, 2.24) is 9.13 Å². The van der Waals surface area contributed by atoms with Gasteiger partial charge in [-0.3, -0.25) is 9.13 Å². The van der Waals surface area contributed by atoms with Crippen LogP contribution >= 0.6 is 27.3 Å². The third-order valence-electron chi connectivity index (χ3n) is 2.99. The van der Waals surface area contributed by atoms with Gasteiger partial charge in [0.1, 0.15) is 0 Å². The summed E-state index contributed by atoms with van der Waals surface area (Å²) in [6.45, 7) is 0.621. The van der Waals surface area contributed by atoms with Gasteiger partial charge in [0.15, 0.2) is 0 Å². The standard InChI is InChI=1S/C13H11BrN2OS/c1-15-10-4-2-3-5-11(10)16(13(15)17)8-9-6-7-12(14)18-9/h2-7H,8H2,1H3. The largest absolute Gasteiger partial charge is 0.329 e. The van der Waals surface area contributed by atoms with E-state index in [1.807, 2.05) is 48.0 Å². The summed E-state index contributed by atoms with van der Waals surface area (Å²) >= 11 is 5.10. The molecule has 2 heterocycles. The number of aromatic nitrogens is 2. The van der Waals surface area contributed by atoms with Crippen LogP contribution in [-0.4, -0.2) is 9.13 Å². The van der Waals surface area contributed by atoms with Gasteiger partial charge in [-0.25, -0.2) is 4.79 Å². The van der Waals surface area contributed by atoms with Crippen LogP contribution in [0.4, 0.5) is 0 Å². The Kier molecular flexibility index (Phi) is 2.87. The van der Waals surface area contributed by atoms with Gasteiger partial charge in [0.25, 0.3) is 0 Å². The summed E-state index contributed by atoms with van der Waals surface area (Å²) in [5, 5.41) is 0. The van der Waals surface area contributed by atoms with Crippen LogP contribution in [0.3, 0.4) is 0 Å². The first-order valence-corrected chi connectivity index (χ1v) is 7.16. The van der Waals surface area contributed by atoms with Crippen molar-refractivity contribution < 1.29 is 0 Å². The smallest absolute Gasteiger partial charge is 0.295 e. The maximum Gasteiger partial charge on any atom is 0.329 e. The highest BCUT2D eigenvalue weighted by molar-refractivity contribution is 9.11. The molecule has 0 aliphatic carbocycles. The minimum Gasteiger partial charge on any atom is -0.295 e. The Morgan fingerprint density at radius 2 is 1.89 bits per heavy atom. The van der Waals surface area contributed by atoms with Crippen LogP contribution in [0.25, 0.3) is 11.0 Å². The number of hydrogen-bond acceptors (Lipinski definition) is 2. The fraction of sp³-hybridized carbons (Fsp3) is 0.154. The van der Waals surface area contributed by atoms with Gasteiger partial charge in [-0.2, -0.15) is 0 Å². The predicted molar refractivity (Wildman–Crippen MR) is 78.3 cm³/mol. The lowest BCUT2D eigenvalue weighted by molar-refractivity contribution is 0.743. The van der Waals surface area contributed by atoms with Crippen LogP contribution in [0.5, 0.6) is 0 Å². The molecule has 0 radical (unpaired) electrons. The van der Waals surface area contributed by atoms with Crippen molar-refractivity contribution in [2.45, 2.75) is 6.54 Å². The van der Waals surface area contributed by atoms with Gasteiger partial charge in [0.05, 0.1) is 21.4 Å². The van der Waals surface area contributed by atoms with E-state index in [4.69, 9.17) is 0 Å². The number of benzene rings is 1. The lowest BCUT2D eigenvalue weighted by atomic mass is 10.3. The molecule has 5 heteroatoms. The number of hydrogen-bond donors (Lipinski definition) is 0. The number of rotatable bonds is 2. The average Bonchev–Trinajstić information content (AvgIpc) is 2.88. The molecular weight excluding hydrogens is 312 g/mol. The Balaban J connectivity index is 2.17. The first-order chi connectivity index (χ1) is 8.66. The summed E-state index contributed by atoms with van der Waals surface area (Å²) in [6, 6.07) is 11.9. The van der Waals surface area contributed by atoms with Gasteiger partial charge >= 0.3 is 5.69 Å². The Morgan fingerprint density at radius 3 is 2.56 bits per heavy atom. The summed E-state index contributed by atoms with van der Waals surface area (Å²) < 4.78 is 4.59. The number of nitrogens with zero attached hydrogens (tertiary/aromatic N) is 2. The summed E-state index contributed by atoms with van der Waals surface area (Å²) in [5.41, 5.74) is 1.98. The Bertz CT molecular complexity index is 769. The van der Waals surface area contributed by atoms with Crippen LogP contribution in [0.1, 0.15) is 4.88 Å². The van der Waals surface area contributed by atoms with Gasteiger partial charge in [-0.1, -0.05) is 12.1 Å². The molecule has 0 aliphatic rings. The van der Waals surface area contributed by atoms with Crippen molar-refractivity contribution >= 4 is 38.3 Å². The van der Waals surface area contributed by atoms with Crippen molar-refractivity contribution in [3.63, 3.8) is 0 Å². The molecular formula is C13H11BrN2OS. The fourth-order valence-corrected chi connectivity index (χ4v) is 3.58. The molecule has 2 aromatic heterocycles. The second kappa shape index (κ2) is 4.40. The molecule has 0 spiro atoms. The first-order valence-electron chi connectivity index (χ1n) is 5.55. The van der Waals surface area contributed by atoms with Crippen LogP contribution in [0, 0.1) is 0 Å². The summed E-state index contributed by atoms with van der Waals surface area (Å²) in [4.78, 5) is 13.4. The molecule has 0 unspecified atom stereocenters. The van der Waals surface area contributed by atoms with E-state index in [9.17, 15) is 4.79 Å². The van der Waals surface area contributed by atoms with Crippen LogP contribution in [0.2, 0.25) is 0 Å². The van der Waals surface area contributed by atoms with Crippen molar-refractivity contribution in [3.8, 4) is 0 Å². The topological polar surface area (TPSA) is 26.9 Å². The molecule has 0 fully saturated rings. The minimum absolute atomic E-state index is 0.0284. The van der Waals surface area contributed by atoms with E-state index in [1.54, 1.807) is 15.9 Å². The summed E-state index contributed by atoms with van der Waals surface area (Å²) in [5.74, 6) is 0. The normalized spacial score (nSPS) is 11.2. The minimum atomic E-state index is 0.0284. The highest BCUT2D eigenvalue weighted by Crippen LogP contribution is 2.23. The molecule has 92 valence electrons. The second-order valence-corrected chi connectivity index (χ2v) is 6.67. The third-order valence-corrected chi connectivity index (χ3v) is 4.60. The van der Waals surface area contributed by atoms with E-state index in [1.165, 1.54) is 4.88 Å². The van der Waals surface area contributed by atoms with Crippen LogP contribution in [-0.2, 0) is 13.6 Å². The molecule has 0 atom stereocenters. The van der Waals surface area contributed by atoms with Gasteiger partial charge in [-0.15, -0.1) is 11.3 Å². The van der Waals surface area contributed by atoms with E-state index in [-0.39, 0.29) is 5.69 Å². The van der Waals surface area contributed by atoms with E-state index >= 15 is 0 Å². The Labute approximate surface area is 116 Å². The van der Waals surface area contributed by atoms with Gasteiger partial charge in [0, 0.05) is 11.9 Å². The average molecular weight is 323 g/mol. The highest BCUT2D eigenvalue weighted by Gasteiger charge is 2.10. The fourth-order valence-electron chi connectivity index (χ4n) is 2.11. The zero-order chi connectivity index (χ0) is 12.7. The molecule has 3 aromatic rings. The van der Waals surface area contributed by atoms with Gasteiger partial charge in [0.2, 0.25) is 0 Å². The van der Waals surface area contributed by atoms with Crippen molar-refractivity contribution in [3.05, 3.63) is 55.5 Å². The first kappa shape index (κ1) is 11.7. The van der Waals surface area contributed by atoms with Crippen molar-refractivity contribution in [1.29, 1.82) is 0 Å².